The Bertz CT molecular complexity index is 765. The van der Waals surface area contributed by atoms with Crippen molar-refractivity contribution in [3.05, 3.63) is 59.4 Å². The minimum Gasteiger partial charge on any atom is -0.494 e. The molecule has 1 aromatic carbocycles. The molecule has 0 bridgehead atoms. The molecule has 0 radical (unpaired) electrons. The lowest BCUT2D eigenvalue weighted by Gasteiger charge is -2.42. The first-order valence-electron chi connectivity index (χ1n) is 8.21. The second-order valence-corrected chi connectivity index (χ2v) is 6.33. The number of ether oxygens (including phenoxy) is 1. The summed E-state index contributed by atoms with van der Waals surface area (Å²) in [6.45, 7) is 2.19. The van der Waals surface area contributed by atoms with Crippen LogP contribution in [0.3, 0.4) is 0 Å². The van der Waals surface area contributed by atoms with Crippen molar-refractivity contribution in [2.75, 3.05) is 20.2 Å². The van der Waals surface area contributed by atoms with Gasteiger partial charge in [-0.1, -0.05) is 30.3 Å². The molecule has 25 heavy (non-hydrogen) atoms. The van der Waals surface area contributed by atoms with E-state index in [0.717, 1.165) is 0 Å². The third-order valence-electron chi connectivity index (χ3n) is 4.72. The smallest absolute Gasteiger partial charge is 0.257 e. The van der Waals surface area contributed by atoms with Crippen LogP contribution in [0.15, 0.2) is 42.6 Å². The van der Waals surface area contributed by atoms with Crippen LogP contribution in [-0.4, -0.2) is 52.3 Å². The van der Waals surface area contributed by atoms with Crippen LogP contribution in [0.2, 0.25) is 0 Å². The van der Waals surface area contributed by atoms with Crippen LogP contribution in [0.1, 0.15) is 28.0 Å². The topological polar surface area (TPSA) is 82.9 Å². The average Bonchev–Trinajstić information content (AvgIpc) is 2.64. The van der Waals surface area contributed by atoms with Gasteiger partial charge in [-0.15, -0.1) is 0 Å². The Kier molecular flexibility index (Phi) is 4.74. The van der Waals surface area contributed by atoms with E-state index in [-0.39, 0.29) is 18.9 Å². The fourth-order valence-electron chi connectivity index (χ4n) is 3.22. The summed E-state index contributed by atoms with van der Waals surface area (Å²) in [5.41, 5.74) is 0.429. The number of aromatic nitrogens is 1. The third-order valence-corrected chi connectivity index (χ3v) is 4.72. The van der Waals surface area contributed by atoms with Gasteiger partial charge in [0, 0.05) is 18.7 Å². The predicted molar refractivity (Wildman–Crippen MR) is 92.4 cm³/mol. The number of methoxy groups -OCH3 is 1. The molecule has 1 amide bonds. The van der Waals surface area contributed by atoms with Crippen molar-refractivity contribution in [3.8, 4) is 5.75 Å². The van der Waals surface area contributed by atoms with Gasteiger partial charge in [0.2, 0.25) is 0 Å². The molecule has 6 nitrogen and oxygen atoms in total. The highest BCUT2D eigenvalue weighted by atomic mass is 16.5. The summed E-state index contributed by atoms with van der Waals surface area (Å²) >= 11 is 0. The second-order valence-electron chi connectivity index (χ2n) is 6.33. The van der Waals surface area contributed by atoms with Crippen LogP contribution in [0, 0.1) is 6.92 Å². The number of likely N-dealkylation sites (tertiary alicyclic amines) is 1. The normalized spacial score (nSPS) is 23.4. The summed E-state index contributed by atoms with van der Waals surface area (Å²) in [5.74, 6) is 0.158. The van der Waals surface area contributed by atoms with Crippen molar-refractivity contribution in [2.45, 2.75) is 25.0 Å². The number of rotatable bonds is 3. The first-order valence-corrected chi connectivity index (χ1v) is 8.21. The van der Waals surface area contributed by atoms with Crippen molar-refractivity contribution in [1.29, 1.82) is 0 Å². The molecule has 1 aromatic heterocycles. The highest BCUT2D eigenvalue weighted by Gasteiger charge is 2.43. The fraction of sp³-hybridized carbons (Fsp3) is 0.368. The van der Waals surface area contributed by atoms with Gasteiger partial charge in [0.15, 0.2) is 0 Å². The summed E-state index contributed by atoms with van der Waals surface area (Å²) in [4.78, 5) is 18.5. The molecular formula is C19H22N2O4. The largest absolute Gasteiger partial charge is 0.494 e. The van der Waals surface area contributed by atoms with Crippen molar-refractivity contribution < 1.29 is 19.7 Å². The number of carbonyl (C=O) groups excluding carboxylic acids is 1. The van der Waals surface area contributed by atoms with Crippen molar-refractivity contribution >= 4 is 5.91 Å². The van der Waals surface area contributed by atoms with Crippen molar-refractivity contribution in [3.63, 3.8) is 0 Å². The zero-order chi connectivity index (χ0) is 18.0. The molecule has 0 aliphatic carbocycles. The molecule has 0 saturated carbocycles. The maximum atomic E-state index is 12.9. The van der Waals surface area contributed by atoms with Gasteiger partial charge in [0.1, 0.15) is 17.5 Å². The summed E-state index contributed by atoms with van der Waals surface area (Å²) < 4.78 is 5.23. The number of nitrogens with zero attached hydrogens (tertiary/aromatic N) is 2. The molecule has 1 fully saturated rings. The summed E-state index contributed by atoms with van der Waals surface area (Å²) in [6.07, 6.45) is 0.709. The number of β-amino-alcohol motifs (C(OH)–C–C–N with tert-alkyl or cyclic N) is 1. The van der Waals surface area contributed by atoms with Gasteiger partial charge in [-0.2, -0.15) is 0 Å². The number of piperidine rings is 1. The van der Waals surface area contributed by atoms with Gasteiger partial charge in [-0.25, -0.2) is 0 Å². The molecule has 6 heteroatoms. The summed E-state index contributed by atoms with van der Waals surface area (Å²) in [6, 6.07) is 10.7. The molecule has 0 unspecified atom stereocenters. The standard InChI is InChI=1S/C19H22N2O4/c1-13-10-15(16(25-2)11-20-13)18(23)21-9-8-19(24,17(22)12-21)14-6-4-3-5-7-14/h3-7,10-11,17,22,24H,8-9,12H2,1-2H3/t17-,19-/m0/s1. The number of benzene rings is 1. The second kappa shape index (κ2) is 6.82. The van der Waals surface area contributed by atoms with E-state index >= 15 is 0 Å². The van der Waals surface area contributed by atoms with E-state index in [0.29, 0.717) is 29.1 Å². The minimum atomic E-state index is -1.35. The Hall–Kier alpha value is -2.44. The molecule has 3 rings (SSSR count). The molecule has 132 valence electrons. The Balaban J connectivity index is 1.82. The number of carbonyl (C=O) groups is 1. The lowest BCUT2D eigenvalue weighted by atomic mass is 9.82. The van der Waals surface area contributed by atoms with Gasteiger partial charge < -0.3 is 19.8 Å². The Labute approximate surface area is 146 Å². The molecule has 1 aliphatic heterocycles. The van der Waals surface area contributed by atoms with Crippen molar-refractivity contribution in [1.82, 2.24) is 9.88 Å². The van der Waals surface area contributed by atoms with Crippen LogP contribution in [0.4, 0.5) is 0 Å². The zero-order valence-electron chi connectivity index (χ0n) is 14.3. The molecule has 2 N–H and O–H groups in total. The Morgan fingerprint density at radius 2 is 2.08 bits per heavy atom. The Morgan fingerprint density at radius 1 is 1.36 bits per heavy atom. The molecular weight excluding hydrogens is 320 g/mol. The summed E-state index contributed by atoms with van der Waals surface area (Å²) in [7, 11) is 1.49. The maximum absolute atomic E-state index is 12.9. The minimum absolute atomic E-state index is 0.0503. The predicted octanol–water partition coefficient (Wildman–Crippen LogP) is 1.49. The highest BCUT2D eigenvalue weighted by Crippen LogP contribution is 2.34. The van der Waals surface area contributed by atoms with Crippen LogP contribution in [0.25, 0.3) is 0 Å². The van der Waals surface area contributed by atoms with Crippen LogP contribution >= 0.6 is 0 Å². The monoisotopic (exact) mass is 342 g/mol. The number of hydrogen-bond donors (Lipinski definition) is 2. The van der Waals surface area contributed by atoms with E-state index in [4.69, 9.17) is 4.74 Å². The van der Waals surface area contributed by atoms with Gasteiger partial charge in [0.25, 0.3) is 5.91 Å². The van der Waals surface area contributed by atoms with Crippen LogP contribution < -0.4 is 4.74 Å². The SMILES string of the molecule is COc1cnc(C)cc1C(=O)N1CC[C@](O)(c2ccccc2)[C@@H](O)C1. The van der Waals surface area contributed by atoms with Crippen molar-refractivity contribution in [2.24, 2.45) is 0 Å². The first kappa shape index (κ1) is 17.4. The van der Waals surface area contributed by atoms with E-state index < -0.39 is 11.7 Å². The fourth-order valence-corrected chi connectivity index (χ4v) is 3.22. The molecule has 1 saturated heterocycles. The number of hydrogen-bond acceptors (Lipinski definition) is 5. The van der Waals surface area contributed by atoms with Gasteiger partial charge in [-0.3, -0.25) is 9.78 Å². The van der Waals surface area contributed by atoms with Gasteiger partial charge in [0.05, 0.1) is 25.4 Å². The van der Waals surface area contributed by atoms with E-state index in [1.807, 2.05) is 18.2 Å². The average molecular weight is 342 g/mol. The van der Waals surface area contributed by atoms with Gasteiger partial charge in [-0.05, 0) is 18.6 Å². The molecule has 2 aromatic rings. The number of pyridine rings is 1. The van der Waals surface area contributed by atoms with Crippen LogP contribution in [0.5, 0.6) is 5.75 Å². The maximum Gasteiger partial charge on any atom is 0.257 e. The number of amides is 1. The molecule has 1 aliphatic rings. The molecule has 0 spiro atoms. The number of aryl methyl sites for hydroxylation is 1. The zero-order valence-corrected chi connectivity index (χ0v) is 14.3. The van der Waals surface area contributed by atoms with Gasteiger partial charge >= 0.3 is 0 Å². The highest BCUT2D eigenvalue weighted by molar-refractivity contribution is 5.97. The van der Waals surface area contributed by atoms with E-state index in [1.54, 1.807) is 30.0 Å². The van der Waals surface area contributed by atoms with Crippen LogP contribution in [-0.2, 0) is 5.60 Å². The quantitative estimate of drug-likeness (QED) is 0.883. The number of aliphatic hydroxyl groups excluding tert-OH is 1. The molecule has 2 atom stereocenters. The molecule has 2 heterocycles. The Morgan fingerprint density at radius 3 is 2.72 bits per heavy atom. The van der Waals surface area contributed by atoms with E-state index in [2.05, 4.69) is 4.98 Å². The summed E-state index contributed by atoms with van der Waals surface area (Å²) in [5, 5.41) is 21.4. The lowest BCUT2D eigenvalue weighted by Crippen LogP contribution is -2.55. The first-order chi connectivity index (χ1) is 12.0. The van der Waals surface area contributed by atoms with E-state index in [9.17, 15) is 15.0 Å². The van der Waals surface area contributed by atoms with E-state index in [1.165, 1.54) is 13.3 Å². The number of aliphatic hydroxyl groups is 2. The third kappa shape index (κ3) is 3.23. The lowest BCUT2D eigenvalue weighted by molar-refractivity contribution is -0.118.